The minimum atomic E-state index is -0.320. The van der Waals surface area contributed by atoms with E-state index in [1.54, 1.807) is 0 Å². The third-order valence-electron chi connectivity index (χ3n) is 5.99. The topological polar surface area (TPSA) is 48.1 Å². The Morgan fingerprint density at radius 1 is 1.24 bits per heavy atom. The lowest BCUT2D eigenvalue weighted by atomic mass is 9.85. The third kappa shape index (κ3) is 2.97. The van der Waals surface area contributed by atoms with Crippen molar-refractivity contribution in [3.63, 3.8) is 0 Å². The van der Waals surface area contributed by atoms with Gasteiger partial charge in [0.1, 0.15) is 24.1 Å². The normalized spacial score (nSPS) is 43.0. The fraction of sp³-hybridized carbons (Fsp3) is 0.571. The maximum absolute atomic E-state index is 12.1. The summed E-state index contributed by atoms with van der Waals surface area (Å²) in [4.78, 5) is 12.1. The van der Waals surface area contributed by atoms with Crippen LogP contribution in [0, 0.1) is 5.92 Å². The van der Waals surface area contributed by atoms with E-state index in [-0.39, 0.29) is 35.8 Å². The molecule has 0 aromatic heterocycles. The van der Waals surface area contributed by atoms with Crippen molar-refractivity contribution >= 4 is 5.97 Å². The molecule has 0 N–H and O–H groups in total. The number of ether oxygens (including phenoxy) is 3. The summed E-state index contributed by atoms with van der Waals surface area (Å²) >= 11 is 0. The summed E-state index contributed by atoms with van der Waals surface area (Å²) in [6.07, 6.45) is 8.64. The molecule has 0 amide bonds. The molecule has 5 unspecified atom stereocenters. The quantitative estimate of drug-likeness (QED) is 0.289. The molecule has 4 aliphatic rings. The average molecular weight is 342 g/mol. The van der Waals surface area contributed by atoms with Crippen LogP contribution in [-0.4, -0.2) is 29.9 Å². The molecule has 0 aromatic carbocycles. The Morgan fingerprint density at radius 3 is 2.84 bits per heavy atom. The summed E-state index contributed by atoms with van der Waals surface area (Å²) in [7, 11) is 0. The van der Waals surface area contributed by atoms with Gasteiger partial charge < -0.3 is 14.2 Å². The first-order valence-corrected chi connectivity index (χ1v) is 9.17. The van der Waals surface area contributed by atoms with Crippen LogP contribution in [0.25, 0.3) is 0 Å². The van der Waals surface area contributed by atoms with E-state index in [2.05, 4.69) is 39.2 Å². The Labute approximate surface area is 149 Å². The minimum Gasteiger partial charge on any atom is -0.487 e. The zero-order valence-electron chi connectivity index (χ0n) is 15.0. The van der Waals surface area contributed by atoms with E-state index < -0.39 is 0 Å². The molecule has 1 aliphatic carbocycles. The number of rotatable bonds is 0. The van der Waals surface area contributed by atoms with Crippen LogP contribution in [0.2, 0.25) is 0 Å². The number of allylic oxidation sites excluding steroid dienone is 3. The van der Waals surface area contributed by atoms with Crippen molar-refractivity contribution in [1.82, 2.24) is 0 Å². The van der Waals surface area contributed by atoms with Crippen LogP contribution in [0.15, 0.2) is 47.8 Å². The predicted molar refractivity (Wildman–Crippen MR) is 94.7 cm³/mol. The van der Waals surface area contributed by atoms with E-state index in [9.17, 15) is 4.79 Å². The van der Waals surface area contributed by atoms with Crippen LogP contribution in [0.1, 0.15) is 46.0 Å². The van der Waals surface area contributed by atoms with Crippen molar-refractivity contribution in [3.8, 4) is 0 Å². The van der Waals surface area contributed by atoms with E-state index in [1.165, 1.54) is 11.1 Å². The van der Waals surface area contributed by atoms with Crippen molar-refractivity contribution in [2.24, 2.45) is 5.92 Å². The fourth-order valence-corrected chi connectivity index (χ4v) is 4.37. The summed E-state index contributed by atoms with van der Waals surface area (Å²) in [5.74, 6) is 0.549. The lowest BCUT2D eigenvalue weighted by Crippen LogP contribution is -2.30. The minimum absolute atomic E-state index is 0.00993. The SMILES string of the molecule is C=C1OC2C=C1CC/C=C(\C)CCC1C(=C)C(=O)OC1C1OC1(C)C2. The molecule has 0 radical (unpaired) electrons. The van der Waals surface area contributed by atoms with Crippen molar-refractivity contribution < 1.29 is 19.0 Å². The first-order chi connectivity index (χ1) is 11.9. The first kappa shape index (κ1) is 16.6. The van der Waals surface area contributed by atoms with Gasteiger partial charge in [0.15, 0.2) is 0 Å². The number of carbonyl (C=O) groups excluding carboxylic acids is 1. The van der Waals surface area contributed by atoms with Crippen molar-refractivity contribution in [3.05, 3.63) is 47.8 Å². The van der Waals surface area contributed by atoms with Crippen LogP contribution < -0.4 is 0 Å². The van der Waals surface area contributed by atoms with E-state index in [4.69, 9.17) is 14.2 Å². The van der Waals surface area contributed by atoms with Gasteiger partial charge in [-0.3, -0.25) is 0 Å². The Morgan fingerprint density at radius 2 is 2.04 bits per heavy atom. The average Bonchev–Trinajstić information content (AvgIpc) is 2.95. The number of esters is 1. The van der Waals surface area contributed by atoms with Gasteiger partial charge in [0.05, 0.1) is 5.60 Å². The van der Waals surface area contributed by atoms with Gasteiger partial charge in [-0.05, 0) is 51.2 Å². The summed E-state index contributed by atoms with van der Waals surface area (Å²) in [5.41, 5.74) is 2.81. The molecule has 4 rings (SSSR count). The predicted octanol–water partition coefficient (Wildman–Crippen LogP) is 3.99. The summed E-state index contributed by atoms with van der Waals surface area (Å²) < 4.78 is 17.6. The Hall–Kier alpha value is -1.81. The number of fused-ring (bicyclic) bond motifs is 4. The molecule has 2 bridgehead atoms. The molecular formula is C21H26O4. The Bertz CT molecular complexity index is 701. The van der Waals surface area contributed by atoms with Gasteiger partial charge in [0, 0.05) is 17.9 Å². The second-order valence-electron chi connectivity index (χ2n) is 7.96. The van der Waals surface area contributed by atoms with Gasteiger partial charge in [-0.1, -0.05) is 24.8 Å². The zero-order chi connectivity index (χ0) is 17.8. The van der Waals surface area contributed by atoms with E-state index >= 15 is 0 Å². The number of carbonyl (C=O) groups is 1. The molecule has 3 heterocycles. The summed E-state index contributed by atoms with van der Waals surface area (Å²) in [5, 5.41) is 0. The van der Waals surface area contributed by atoms with E-state index in [0.29, 0.717) is 5.57 Å². The van der Waals surface area contributed by atoms with Crippen LogP contribution in [0.3, 0.4) is 0 Å². The summed E-state index contributed by atoms with van der Waals surface area (Å²) in [6, 6.07) is 0. The molecule has 4 heteroatoms. The van der Waals surface area contributed by atoms with Gasteiger partial charge >= 0.3 is 5.97 Å². The molecule has 25 heavy (non-hydrogen) atoms. The monoisotopic (exact) mass is 342 g/mol. The zero-order valence-corrected chi connectivity index (χ0v) is 15.0. The van der Waals surface area contributed by atoms with E-state index in [1.807, 2.05) is 0 Å². The van der Waals surface area contributed by atoms with Crippen LogP contribution in [0.4, 0.5) is 0 Å². The lowest BCUT2D eigenvalue weighted by molar-refractivity contribution is -0.140. The molecule has 0 spiro atoms. The van der Waals surface area contributed by atoms with Gasteiger partial charge in [-0.2, -0.15) is 0 Å². The molecule has 3 aliphatic heterocycles. The molecule has 2 fully saturated rings. The lowest BCUT2D eigenvalue weighted by Gasteiger charge is -2.19. The Kier molecular flexibility index (Phi) is 3.91. The molecule has 134 valence electrons. The summed E-state index contributed by atoms with van der Waals surface area (Å²) in [6.45, 7) is 12.3. The van der Waals surface area contributed by atoms with Gasteiger partial charge in [-0.25, -0.2) is 4.79 Å². The fourth-order valence-electron chi connectivity index (χ4n) is 4.37. The molecule has 5 atom stereocenters. The smallest absolute Gasteiger partial charge is 0.334 e. The first-order valence-electron chi connectivity index (χ1n) is 9.17. The molecular weight excluding hydrogens is 316 g/mol. The highest BCUT2D eigenvalue weighted by Gasteiger charge is 2.62. The molecule has 0 aromatic rings. The number of epoxide rings is 1. The van der Waals surface area contributed by atoms with Crippen LogP contribution >= 0.6 is 0 Å². The highest BCUT2D eigenvalue weighted by Crippen LogP contribution is 2.50. The number of hydrogen-bond donors (Lipinski definition) is 0. The molecule has 4 nitrogen and oxygen atoms in total. The highest BCUT2D eigenvalue weighted by molar-refractivity contribution is 5.91. The number of hydrogen-bond acceptors (Lipinski definition) is 4. The molecule has 2 saturated heterocycles. The van der Waals surface area contributed by atoms with Crippen molar-refractivity contribution in [2.75, 3.05) is 0 Å². The maximum Gasteiger partial charge on any atom is 0.334 e. The third-order valence-corrected chi connectivity index (χ3v) is 5.99. The van der Waals surface area contributed by atoms with Crippen LogP contribution in [-0.2, 0) is 19.0 Å². The largest absolute Gasteiger partial charge is 0.487 e. The Balaban J connectivity index is 1.60. The van der Waals surface area contributed by atoms with Gasteiger partial charge in [-0.15, -0.1) is 0 Å². The van der Waals surface area contributed by atoms with Gasteiger partial charge in [0.2, 0.25) is 0 Å². The standard InChI is InChI=1S/C21H26O4/c1-12-6-5-7-15-10-16(23-14(15)3)11-21(4)19(25-21)18-17(9-8-12)13(2)20(22)24-18/h6,10,16-19H,2-3,5,7-9,11H2,1,4H3/b12-6+. The second kappa shape index (κ2) is 5.87. The van der Waals surface area contributed by atoms with E-state index in [0.717, 1.165) is 37.9 Å². The second-order valence-corrected chi connectivity index (χ2v) is 7.96. The maximum atomic E-state index is 12.1. The van der Waals surface area contributed by atoms with Gasteiger partial charge in [0.25, 0.3) is 0 Å². The molecule has 0 saturated carbocycles. The highest BCUT2D eigenvalue weighted by atomic mass is 16.6. The van der Waals surface area contributed by atoms with Crippen molar-refractivity contribution in [1.29, 1.82) is 0 Å². The van der Waals surface area contributed by atoms with Crippen LogP contribution in [0.5, 0.6) is 0 Å². The van der Waals surface area contributed by atoms with Crippen molar-refractivity contribution in [2.45, 2.75) is 69.9 Å².